The Hall–Kier alpha value is -1.01. The van der Waals surface area contributed by atoms with Gasteiger partial charge in [0.1, 0.15) is 5.82 Å². The second-order valence-corrected chi connectivity index (χ2v) is 7.01. The molecule has 0 aromatic carbocycles. The highest BCUT2D eigenvalue weighted by Crippen LogP contribution is 2.18. The smallest absolute Gasteiger partial charge is 0.151 e. The van der Waals surface area contributed by atoms with Gasteiger partial charge in [0.15, 0.2) is 9.84 Å². The number of halogens is 1. The number of nitrogens with zero attached hydrogens (tertiary/aromatic N) is 1. The summed E-state index contributed by atoms with van der Waals surface area (Å²) in [5, 5.41) is 3.23. The Labute approximate surface area is 107 Å². The third-order valence-electron chi connectivity index (χ3n) is 3.17. The lowest BCUT2D eigenvalue weighted by molar-refractivity contribution is 0.435. The Kier molecular flexibility index (Phi) is 3.97. The monoisotopic (exact) mass is 272 g/mol. The molecule has 18 heavy (non-hydrogen) atoms. The van der Waals surface area contributed by atoms with Crippen molar-refractivity contribution in [2.24, 2.45) is 0 Å². The summed E-state index contributed by atoms with van der Waals surface area (Å²) < 4.78 is 36.1. The maximum atomic E-state index is 13.0. The van der Waals surface area contributed by atoms with Crippen molar-refractivity contribution in [2.75, 3.05) is 11.5 Å². The van der Waals surface area contributed by atoms with Crippen LogP contribution in [0.25, 0.3) is 0 Å². The van der Waals surface area contributed by atoms with Crippen LogP contribution in [0, 0.1) is 5.82 Å². The van der Waals surface area contributed by atoms with Crippen LogP contribution in [0.4, 0.5) is 4.39 Å². The van der Waals surface area contributed by atoms with Crippen molar-refractivity contribution < 1.29 is 12.8 Å². The molecule has 1 saturated heterocycles. The second-order valence-electron chi connectivity index (χ2n) is 4.78. The first kappa shape index (κ1) is 13.4. The Morgan fingerprint density at radius 1 is 1.50 bits per heavy atom. The standard InChI is InChI=1S/C12H17FN2O2S/c1-9(10-5-11(13)7-14-6-10)15-12-3-2-4-18(16,17)8-12/h5-7,9,12,15H,2-4,8H2,1H3/t9-,12?/m0/s1. The van der Waals surface area contributed by atoms with E-state index in [0.29, 0.717) is 6.42 Å². The molecule has 0 spiro atoms. The Balaban J connectivity index is 2.01. The Bertz CT molecular complexity index is 519. The molecule has 0 aliphatic carbocycles. The summed E-state index contributed by atoms with van der Waals surface area (Å²) in [6.45, 7) is 1.89. The summed E-state index contributed by atoms with van der Waals surface area (Å²) in [5.74, 6) is 0.0682. The molecule has 2 heterocycles. The van der Waals surface area contributed by atoms with Gasteiger partial charge in [0.25, 0.3) is 0 Å². The van der Waals surface area contributed by atoms with Gasteiger partial charge >= 0.3 is 0 Å². The highest BCUT2D eigenvalue weighted by Gasteiger charge is 2.25. The summed E-state index contributed by atoms with van der Waals surface area (Å²) >= 11 is 0. The third-order valence-corrected chi connectivity index (χ3v) is 5.00. The van der Waals surface area contributed by atoms with Gasteiger partial charge in [-0.05, 0) is 31.4 Å². The molecule has 1 aromatic heterocycles. The highest BCUT2D eigenvalue weighted by atomic mass is 32.2. The van der Waals surface area contributed by atoms with E-state index in [9.17, 15) is 12.8 Å². The molecule has 4 nitrogen and oxygen atoms in total. The van der Waals surface area contributed by atoms with E-state index in [0.717, 1.165) is 18.2 Å². The van der Waals surface area contributed by atoms with Crippen LogP contribution in [0.1, 0.15) is 31.4 Å². The number of aromatic nitrogens is 1. The molecule has 0 saturated carbocycles. The van der Waals surface area contributed by atoms with E-state index in [1.54, 1.807) is 6.20 Å². The minimum absolute atomic E-state index is 0.0537. The first-order valence-corrected chi connectivity index (χ1v) is 7.85. The van der Waals surface area contributed by atoms with Gasteiger partial charge in [-0.15, -0.1) is 0 Å². The van der Waals surface area contributed by atoms with E-state index in [-0.39, 0.29) is 29.4 Å². The average Bonchev–Trinajstić information content (AvgIpc) is 2.27. The van der Waals surface area contributed by atoms with E-state index in [1.165, 1.54) is 6.07 Å². The van der Waals surface area contributed by atoms with Crippen LogP contribution in [0.5, 0.6) is 0 Å². The lowest BCUT2D eigenvalue weighted by atomic mass is 10.1. The van der Waals surface area contributed by atoms with Crippen LogP contribution in [0.2, 0.25) is 0 Å². The molecule has 2 atom stereocenters. The van der Waals surface area contributed by atoms with E-state index in [1.807, 2.05) is 6.92 Å². The highest BCUT2D eigenvalue weighted by molar-refractivity contribution is 7.91. The molecule has 1 aliphatic heterocycles. The molecule has 0 radical (unpaired) electrons. The average molecular weight is 272 g/mol. The van der Waals surface area contributed by atoms with Crippen LogP contribution in [0.15, 0.2) is 18.5 Å². The normalized spacial score (nSPS) is 24.7. The van der Waals surface area contributed by atoms with Gasteiger partial charge in [-0.1, -0.05) is 0 Å². The van der Waals surface area contributed by atoms with Crippen molar-refractivity contribution in [3.63, 3.8) is 0 Å². The van der Waals surface area contributed by atoms with Crippen molar-refractivity contribution >= 4 is 9.84 Å². The molecule has 0 bridgehead atoms. The molecule has 100 valence electrons. The lowest BCUT2D eigenvalue weighted by Crippen LogP contribution is -2.41. The van der Waals surface area contributed by atoms with Gasteiger partial charge in [0.05, 0.1) is 17.7 Å². The van der Waals surface area contributed by atoms with Gasteiger partial charge in [0.2, 0.25) is 0 Å². The van der Waals surface area contributed by atoms with Crippen molar-refractivity contribution in [2.45, 2.75) is 31.8 Å². The molecule has 1 aliphatic rings. The Morgan fingerprint density at radius 3 is 2.94 bits per heavy atom. The van der Waals surface area contributed by atoms with Crippen molar-refractivity contribution in [3.8, 4) is 0 Å². The number of nitrogens with one attached hydrogen (secondary N) is 1. The van der Waals surface area contributed by atoms with Crippen LogP contribution in [-0.4, -0.2) is 30.9 Å². The van der Waals surface area contributed by atoms with Crippen LogP contribution in [0.3, 0.4) is 0 Å². The summed E-state index contributed by atoms with van der Waals surface area (Å²) in [4.78, 5) is 3.79. The molecule has 6 heteroatoms. The van der Waals surface area contributed by atoms with Crippen LogP contribution >= 0.6 is 0 Å². The molecule has 1 unspecified atom stereocenters. The van der Waals surface area contributed by atoms with Crippen LogP contribution in [-0.2, 0) is 9.84 Å². The fraction of sp³-hybridized carbons (Fsp3) is 0.583. The molecule has 1 fully saturated rings. The minimum atomic E-state index is -2.92. The van der Waals surface area contributed by atoms with E-state index >= 15 is 0 Å². The van der Waals surface area contributed by atoms with E-state index < -0.39 is 9.84 Å². The van der Waals surface area contributed by atoms with Crippen molar-refractivity contribution in [1.29, 1.82) is 0 Å². The molecule has 1 aromatic rings. The zero-order valence-electron chi connectivity index (χ0n) is 10.3. The molecule has 2 rings (SSSR count). The summed E-state index contributed by atoms with van der Waals surface area (Å²) in [6.07, 6.45) is 4.28. The van der Waals surface area contributed by atoms with Crippen molar-refractivity contribution in [1.82, 2.24) is 10.3 Å². The second kappa shape index (κ2) is 5.32. The molecular formula is C12H17FN2O2S. The summed E-state index contributed by atoms with van der Waals surface area (Å²) in [5.41, 5.74) is 0.734. The SMILES string of the molecule is C[C@H](NC1CCCS(=O)(=O)C1)c1cncc(F)c1. The first-order chi connectivity index (χ1) is 8.46. The predicted octanol–water partition coefficient (Wildman–Crippen LogP) is 1.45. The van der Waals surface area contributed by atoms with Gasteiger partial charge in [0, 0.05) is 18.3 Å². The van der Waals surface area contributed by atoms with Gasteiger partial charge in [-0.25, -0.2) is 12.8 Å². The molecular weight excluding hydrogens is 255 g/mol. The zero-order valence-corrected chi connectivity index (χ0v) is 11.1. The first-order valence-electron chi connectivity index (χ1n) is 6.03. The van der Waals surface area contributed by atoms with Crippen LogP contribution < -0.4 is 5.32 Å². The fourth-order valence-electron chi connectivity index (χ4n) is 2.27. The largest absolute Gasteiger partial charge is 0.306 e. The van der Waals surface area contributed by atoms with Gasteiger partial charge in [-0.2, -0.15) is 0 Å². The number of hydrogen-bond donors (Lipinski definition) is 1. The summed E-state index contributed by atoms with van der Waals surface area (Å²) in [7, 11) is -2.92. The third kappa shape index (κ3) is 3.49. The molecule has 1 N–H and O–H groups in total. The number of rotatable bonds is 3. The Morgan fingerprint density at radius 2 is 2.28 bits per heavy atom. The van der Waals surface area contributed by atoms with E-state index in [2.05, 4.69) is 10.3 Å². The topological polar surface area (TPSA) is 59.1 Å². The predicted molar refractivity (Wildman–Crippen MR) is 67.4 cm³/mol. The maximum absolute atomic E-state index is 13.0. The summed E-state index contributed by atoms with van der Waals surface area (Å²) in [6, 6.07) is 1.26. The quantitative estimate of drug-likeness (QED) is 0.904. The maximum Gasteiger partial charge on any atom is 0.151 e. The molecule has 0 amide bonds. The van der Waals surface area contributed by atoms with Crippen molar-refractivity contribution in [3.05, 3.63) is 29.8 Å². The number of hydrogen-bond acceptors (Lipinski definition) is 4. The van der Waals surface area contributed by atoms with E-state index in [4.69, 9.17) is 0 Å². The fourth-order valence-corrected chi connectivity index (χ4v) is 3.92. The number of sulfone groups is 1. The zero-order chi connectivity index (χ0) is 13.2. The minimum Gasteiger partial charge on any atom is -0.306 e. The van der Waals surface area contributed by atoms with Gasteiger partial charge < -0.3 is 5.32 Å². The number of pyridine rings is 1. The lowest BCUT2D eigenvalue weighted by Gasteiger charge is -2.26. The van der Waals surface area contributed by atoms with Gasteiger partial charge in [-0.3, -0.25) is 4.98 Å².